The first-order valence-corrected chi connectivity index (χ1v) is 8.10. The molecule has 3 N–H and O–H groups in total. The zero-order valence-corrected chi connectivity index (χ0v) is 14.6. The van der Waals surface area contributed by atoms with Gasteiger partial charge in [0, 0.05) is 18.1 Å². The number of hydrogen-bond acceptors (Lipinski definition) is 6. The fourth-order valence-electron chi connectivity index (χ4n) is 2.90. The van der Waals surface area contributed by atoms with Crippen LogP contribution in [0.1, 0.15) is 36.5 Å². The van der Waals surface area contributed by atoms with Gasteiger partial charge in [-0.1, -0.05) is 19.9 Å². The average Bonchev–Trinajstić information content (AvgIpc) is 3.07. The number of aromatic hydroxyl groups is 1. The molecule has 0 atom stereocenters. The first kappa shape index (κ1) is 17.0. The molecule has 0 saturated heterocycles. The SMILES string of the molecule is COc1cc(O)c(/C(Cc2ccc3c(c2)OCO3)=N/N)cc1C(C)C. The van der Waals surface area contributed by atoms with Crippen LogP contribution in [0.2, 0.25) is 0 Å². The molecule has 3 rings (SSSR count). The lowest BCUT2D eigenvalue weighted by Crippen LogP contribution is -2.10. The van der Waals surface area contributed by atoms with Crippen molar-refractivity contribution in [2.75, 3.05) is 13.9 Å². The molecular formula is C19H22N2O4. The molecule has 2 aromatic carbocycles. The number of rotatable bonds is 5. The normalized spacial score (nSPS) is 13.4. The van der Waals surface area contributed by atoms with Gasteiger partial charge in [-0.3, -0.25) is 0 Å². The van der Waals surface area contributed by atoms with Crippen LogP contribution in [0, 0.1) is 0 Å². The van der Waals surface area contributed by atoms with Crippen LogP contribution < -0.4 is 20.1 Å². The molecule has 25 heavy (non-hydrogen) atoms. The molecule has 0 bridgehead atoms. The highest BCUT2D eigenvalue weighted by Crippen LogP contribution is 2.35. The van der Waals surface area contributed by atoms with Gasteiger partial charge in [-0.05, 0) is 35.2 Å². The highest BCUT2D eigenvalue weighted by Gasteiger charge is 2.18. The lowest BCUT2D eigenvalue weighted by Gasteiger charge is -2.16. The van der Waals surface area contributed by atoms with Crippen LogP contribution in [0.15, 0.2) is 35.4 Å². The Hall–Kier alpha value is -2.89. The molecule has 0 aromatic heterocycles. The van der Waals surface area contributed by atoms with E-state index in [0.29, 0.717) is 29.2 Å². The largest absolute Gasteiger partial charge is 0.507 e. The van der Waals surface area contributed by atoms with Gasteiger partial charge in [-0.15, -0.1) is 0 Å². The predicted molar refractivity (Wildman–Crippen MR) is 95.7 cm³/mol. The lowest BCUT2D eigenvalue weighted by atomic mass is 9.94. The quantitative estimate of drug-likeness (QED) is 0.495. The number of ether oxygens (including phenoxy) is 3. The summed E-state index contributed by atoms with van der Waals surface area (Å²) >= 11 is 0. The highest BCUT2D eigenvalue weighted by atomic mass is 16.7. The Balaban J connectivity index is 1.95. The summed E-state index contributed by atoms with van der Waals surface area (Å²) in [6, 6.07) is 9.19. The fourth-order valence-corrected chi connectivity index (χ4v) is 2.90. The zero-order valence-electron chi connectivity index (χ0n) is 14.6. The number of phenols is 1. The van der Waals surface area contributed by atoms with Gasteiger partial charge >= 0.3 is 0 Å². The van der Waals surface area contributed by atoms with Crippen molar-refractivity contribution in [1.82, 2.24) is 0 Å². The lowest BCUT2D eigenvalue weighted by molar-refractivity contribution is 0.174. The van der Waals surface area contributed by atoms with Crippen molar-refractivity contribution in [3.8, 4) is 23.0 Å². The molecule has 0 unspecified atom stereocenters. The first-order valence-electron chi connectivity index (χ1n) is 8.10. The standard InChI is InChI=1S/C19H22N2O4/c1-11(2)13-8-14(16(22)9-18(13)23-3)15(21-20)6-12-4-5-17-19(7-12)25-10-24-17/h4-5,7-9,11,22H,6,10,20H2,1-3H3/b21-15+. The second-order valence-electron chi connectivity index (χ2n) is 6.21. The number of nitrogens with two attached hydrogens (primary N) is 1. The smallest absolute Gasteiger partial charge is 0.231 e. The van der Waals surface area contributed by atoms with E-state index < -0.39 is 0 Å². The summed E-state index contributed by atoms with van der Waals surface area (Å²) in [4.78, 5) is 0. The van der Waals surface area contributed by atoms with Crippen LogP contribution in [0.4, 0.5) is 0 Å². The Morgan fingerprint density at radius 1 is 1.24 bits per heavy atom. The number of hydrazone groups is 1. The molecule has 1 heterocycles. The van der Waals surface area contributed by atoms with Gasteiger partial charge in [-0.2, -0.15) is 5.10 Å². The Kier molecular flexibility index (Phi) is 4.70. The maximum Gasteiger partial charge on any atom is 0.231 e. The highest BCUT2D eigenvalue weighted by molar-refractivity contribution is 6.04. The van der Waals surface area contributed by atoms with Crippen LogP contribution >= 0.6 is 0 Å². The Morgan fingerprint density at radius 3 is 2.68 bits per heavy atom. The number of phenolic OH excluding ortho intramolecular Hbond substituents is 1. The Bertz CT molecular complexity index is 815. The van der Waals surface area contributed by atoms with Crippen LogP contribution in [-0.4, -0.2) is 24.7 Å². The molecule has 0 aliphatic carbocycles. The summed E-state index contributed by atoms with van der Waals surface area (Å²) in [5.74, 6) is 8.02. The summed E-state index contributed by atoms with van der Waals surface area (Å²) in [7, 11) is 1.59. The summed E-state index contributed by atoms with van der Waals surface area (Å²) < 4.78 is 16.1. The molecule has 132 valence electrons. The maximum absolute atomic E-state index is 10.4. The zero-order chi connectivity index (χ0) is 18.0. The average molecular weight is 342 g/mol. The minimum absolute atomic E-state index is 0.0891. The van der Waals surface area contributed by atoms with E-state index in [1.54, 1.807) is 13.2 Å². The van der Waals surface area contributed by atoms with Crippen molar-refractivity contribution in [2.24, 2.45) is 10.9 Å². The van der Waals surface area contributed by atoms with Crippen LogP contribution in [-0.2, 0) is 6.42 Å². The molecule has 2 aromatic rings. The third-order valence-corrected chi connectivity index (χ3v) is 4.25. The number of nitrogens with zero attached hydrogens (tertiary/aromatic N) is 1. The summed E-state index contributed by atoms with van der Waals surface area (Å²) in [5.41, 5.74) is 3.14. The van der Waals surface area contributed by atoms with Crippen LogP contribution in [0.3, 0.4) is 0 Å². The summed E-state index contributed by atoms with van der Waals surface area (Å²) in [6.07, 6.45) is 0.463. The number of methoxy groups -OCH3 is 1. The molecule has 1 aliphatic rings. The molecule has 0 radical (unpaired) electrons. The topological polar surface area (TPSA) is 86.3 Å². The van der Waals surface area contributed by atoms with Crippen molar-refractivity contribution in [2.45, 2.75) is 26.2 Å². The molecule has 0 saturated carbocycles. The third kappa shape index (κ3) is 3.33. The second kappa shape index (κ2) is 6.93. The fraction of sp³-hybridized carbons (Fsp3) is 0.316. The molecular weight excluding hydrogens is 320 g/mol. The number of benzene rings is 2. The van der Waals surface area contributed by atoms with E-state index in [2.05, 4.69) is 18.9 Å². The predicted octanol–water partition coefficient (Wildman–Crippen LogP) is 3.16. The van der Waals surface area contributed by atoms with Gasteiger partial charge in [0.05, 0.1) is 12.8 Å². The minimum atomic E-state index is 0.0891. The van der Waals surface area contributed by atoms with E-state index in [0.717, 1.165) is 16.9 Å². The number of fused-ring (bicyclic) bond motifs is 1. The van der Waals surface area contributed by atoms with Crippen LogP contribution in [0.5, 0.6) is 23.0 Å². The molecule has 0 amide bonds. The van der Waals surface area contributed by atoms with Crippen molar-refractivity contribution in [3.63, 3.8) is 0 Å². The van der Waals surface area contributed by atoms with Crippen LogP contribution in [0.25, 0.3) is 0 Å². The molecule has 6 heteroatoms. The van der Waals surface area contributed by atoms with E-state index >= 15 is 0 Å². The molecule has 0 spiro atoms. The Labute approximate surface area is 146 Å². The van der Waals surface area contributed by atoms with E-state index in [9.17, 15) is 5.11 Å². The summed E-state index contributed by atoms with van der Waals surface area (Å²) in [6.45, 7) is 4.36. The van der Waals surface area contributed by atoms with Gasteiger partial charge in [-0.25, -0.2) is 0 Å². The van der Waals surface area contributed by atoms with Crippen molar-refractivity contribution < 1.29 is 19.3 Å². The van der Waals surface area contributed by atoms with Crippen molar-refractivity contribution in [1.29, 1.82) is 0 Å². The maximum atomic E-state index is 10.4. The monoisotopic (exact) mass is 342 g/mol. The van der Waals surface area contributed by atoms with E-state index in [1.807, 2.05) is 24.3 Å². The van der Waals surface area contributed by atoms with Gasteiger partial charge in [0.2, 0.25) is 6.79 Å². The van der Waals surface area contributed by atoms with E-state index in [1.165, 1.54) is 0 Å². The van der Waals surface area contributed by atoms with Gasteiger partial charge in [0.15, 0.2) is 11.5 Å². The molecule has 6 nitrogen and oxygen atoms in total. The van der Waals surface area contributed by atoms with E-state index in [4.69, 9.17) is 20.1 Å². The van der Waals surface area contributed by atoms with Gasteiger partial charge in [0.25, 0.3) is 0 Å². The second-order valence-corrected chi connectivity index (χ2v) is 6.21. The minimum Gasteiger partial charge on any atom is -0.507 e. The third-order valence-electron chi connectivity index (χ3n) is 4.25. The summed E-state index contributed by atoms with van der Waals surface area (Å²) in [5, 5.41) is 14.3. The van der Waals surface area contributed by atoms with Crippen molar-refractivity contribution >= 4 is 5.71 Å². The van der Waals surface area contributed by atoms with Crippen molar-refractivity contribution in [3.05, 3.63) is 47.0 Å². The van der Waals surface area contributed by atoms with E-state index in [-0.39, 0.29) is 18.5 Å². The van der Waals surface area contributed by atoms with Gasteiger partial charge < -0.3 is 25.2 Å². The molecule has 0 fully saturated rings. The Morgan fingerprint density at radius 2 is 2.00 bits per heavy atom. The van der Waals surface area contributed by atoms with Gasteiger partial charge in [0.1, 0.15) is 11.5 Å². The molecule has 1 aliphatic heterocycles. The first-order chi connectivity index (χ1) is 12.0. The number of hydrogen-bond donors (Lipinski definition) is 2.